The van der Waals surface area contributed by atoms with Crippen molar-refractivity contribution in [2.24, 2.45) is 11.1 Å². The molecule has 3 atom stereocenters. The van der Waals surface area contributed by atoms with Gasteiger partial charge in [-0.05, 0) is 64.6 Å². The average Bonchev–Trinajstić information content (AvgIpc) is 3.59. The van der Waals surface area contributed by atoms with Gasteiger partial charge in [-0.1, -0.05) is 18.2 Å². The number of nitrogens with two attached hydrogens (primary N) is 1. The number of likely N-dealkylation sites (tertiary alicyclic amines) is 1. The van der Waals surface area contributed by atoms with Crippen LogP contribution in [0.2, 0.25) is 0 Å². The highest BCUT2D eigenvalue weighted by atomic mass is 16.5. The number of ether oxygens (including phenoxy) is 2. The third-order valence-corrected chi connectivity index (χ3v) is 8.30. The molecule has 1 aliphatic heterocycles. The number of aromatic nitrogens is 5. The number of Topliss-reactive ketones (excluding diaryl/α,β-unsaturated/α-hetero) is 2. The third-order valence-electron chi connectivity index (χ3n) is 8.30. The average molecular weight is 536 g/mol. The van der Waals surface area contributed by atoms with Crippen LogP contribution in [-0.2, 0) is 20.9 Å². The zero-order valence-corrected chi connectivity index (χ0v) is 22.8. The van der Waals surface area contributed by atoms with Crippen LogP contribution in [0, 0.1) is 5.41 Å². The van der Waals surface area contributed by atoms with E-state index in [1.165, 1.54) is 4.68 Å². The highest BCUT2D eigenvalue weighted by molar-refractivity contribution is 6.17. The van der Waals surface area contributed by atoms with Crippen molar-refractivity contribution in [3.05, 3.63) is 42.0 Å². The number of allylic oxidation sites excluding steroid dienone is 1. The van der Waals surface area contributed by atoms with Crippen LogP contribution >= 0.6 is 0 Å². The van der Waals surface area contributed by atoms with E-state index in [0.717, 1.165) is 32.2 Å². The predicted molar refractivity (Wildman–Crippen MR) is 144 cm³/mol. The van der Waals surface area contributed by atoms with Gasteiger partial charge in [-0.2, -0.15) is 4.98 Å². The third kappa shape index (κ3) is 5.25. The summed E-state index contributed by atoms with van der Waals surface area (Å²) in [6.45, 7) is 5.27. The summed E-state index contributed by atoms with van der Waals surface area (Å²) < 4.78 is 13.0. The lowest BCUT2D eigenvalue weighted by Crippen LogP contribution is -2.45. The molecule has 0 unspecified atom stereocenters. The molecule has 0 radical (unpaired) electrons. The van der Waals surface area contributed by atoms with E-state index in [-0.39, 0.29) is 35.2 Å². The molecule has 208 valence electrons. The van der Waals surface area contributed by atoms with Crippen LogP contribution in [0.1, 0.15) is 69.3 Å². The van der Waals surface area contributed by atoms with Crippen molar-refractivity contribution in [3.63, 3.8) is 0 Å². The van der Waals surface area contributed by atoms with Gasteiger partial charge in [-0.15, -0.1) is 5.10 Å². The topological polar surface area (TPSA) is 138 Å². The molecule has 5 rings (SSSR count). The lowest BCUT2D eigenvalue weighted by atomic mass is 9.62. The lowest BCUT2D eigenvalue weighted by molar-refractivity contribution is -0.143. The van der Waals surface area contributed by atoms with Crippen molar-refractivity contribution in [2.45, 2.75) is 76.5 Å². The second-order valence-electron chi connectivity index (χ2n) is 10.8. The van der Waals surface area contributed by atoms with E-state index < -0.39 is 5.41 Å². The van der Waals surface area contributed by atoms with Crippen LogP contribution < -0.4 is 10.5 Å². The normalized spacial score (nSPS) is 26.2. The Morgan fingerprint density at radius 1 is 1.23 bits per heavy atom. The zero-order valence-electron chi connectivity index (χ0n) is 22.8. The van der Waals surface area contributed by atoms with E-state index in [1.807, 2.05) is 0 Å². The first-order valence-corrected chi connectivity index (χ1v) is 13.7. The summed E-state index contributed by atoms with van der Waals surface area (Å²) in [5.41, 5.74) is 6.91. The summed E-state index contributed by atoms with van der Waals surface area (Å²) in [4.78, 5) is 38.3. The van der Waals surface area contributed by atoms with Gasteiger partial charge in [0.15, 0.2) is 17.4 Å². The minimum absolute atomic E-state index is 0.0326. The lowest BCUT2D eigenvalue weighted by Gasteiger charge is -2.38. The Kier molecular flexibility index (Phi) is 7.90. The molecule has 2 N–H and O–H groups in total. The Morgan fingerprint density at radius 3 is 2.77 bits per heavy atom. The van der Waals surface area contributed by atoms with Crippen molar-refractivity contribution < 1.29 is 19.1 Å². The van der Waals surface area contributed by atoms with Crippen LogP contribution in [0.3, 0.4) is 0 Å². The number of likely N-dealkylation sites (N-methyl/N-ethyl adjacent to an activating group) is 1. The van der Waals surface area contributed by atoms with Crippen LogP contribution in [0.4, 0.5) is 0 Å². The number of hydrogen-bond acceptors (Lipinski definition) is 10. The van der Waals surface area contributed by atoms with Crippen molar-refractivity contribution in [3.8, 4) is 11.7 Å². The molecule has 3 fully saturated rings. The van der Waals surface area contributed by atoms with E-state index in [4.69, 9.17) is 15.2 Å². The number of carbonyl (C=O) groups excluding carboxylic acids is 2. The Morgan fingerprint density at radius 2 is 2.05 bits per heavy atom. The van der Waals surface area contributed by atoms with Crippen molar-refractivity contribution in [1.29, 1.82) is 0 Å². The van der Waals surface area contributed by atoms with Gasteiger partial charge in [0.25, 0.3) is 0 Å². The van der Waals surface area contributed by atoms with E-state index in [9.17, 15) is 9.59 Å². The number of carbonyl (C=O) groups is 2. The summed E-state index contributed by atoms with van der Waals surface area (Å²) in [5.74, 6) is 0.705. The Bertz CT molecular complexity index is 1280. The van der Waals surface area contributed by atoms with Crippen LogP contribution in [0.5, 0.6) is 5.88 Å². The second kappa shape index (κ2) is 11.4. The fourth-order valence-corrected chi connectivity index (χ4v) is 6.18. The number of rotatable bonds is 8. The standard InChI is InChI=1S/C28H37N7O4/c1-4-21(20-10-8-14-34(20)2)39-24-15-23(35-16-18(17-38-3)32-33-35)30-27(31-24)25(29)19-9-7-13-28(26(19)37)12-6-5-11-22(28)36/h4,15-16,20-21H,1,5-14,17,29H2,2-3H3/t20-,21-,28+/m0/s1. The Hall–Kier alpha value is -3.44. The van der Waals surface area contributed by atoms with Crippen molar-refractivity contribution >= 4 is 17.3 Å². The fourth-order valence-electron chi connectivity index (χ4n) is 6.18. The van der Waals surface area contributed by atoms with E-state index in [2.05, 4.69) is 38.8 Å². The first-order valence-electron chi connectivity index (χ1n) is 13.7. The van der Waals surface area contributed by atoms with Gasteiger partial charge in [0.1, 0.15) is 17.6 Å². The number of nitrogens with zero attached hydrogens (tertiary/aromatic N) is 6. The van der Waals surface area contributed by atoms with E-state index in [0.29, 0.717) is 61.7 Å². The molecule has 2 aromatic heterocycles. The number of methoxy groups -OCH3 is 1. The zero-order chi connectivity index (χ0) is 27.6. The largest absolute Gasteiger partial charge is 0.468 e. The van der Waals surface area contributed by atoms with Gasteiger partial charge in [0, 0.05) is 25.2 Å². The van der Waals surface area contributed by atoms with Gasteiger partial charge < -0.3 is 15.2 Å². The molecular formula is C28H37N7O4. The molecule has 2 aromatic rings. The van der Waals surface area contributed by atoms with Gasteiger partial charge in [0.05, 0.1) is 30.0 Å². The quantitative estimate of drug-likeness (QED) is 0.305. The molecule has 2 aliphatic carbocycles. The summed E-state index contributed by atoms with van der Waals surface area (Å²) >= 11 is 0. The van der Waals surface area contributed by atoms with Crippen LogP contribution in [0.25, 0.3) is 11.5 Å². The minimum Gasteiger partial charge on any atom is -0.468 e. The molecular weight excluding hydrogens is 498 g/mol. The molecule has 0 amide bonds. The second-order valence-corrected chi connectivity index (χ2v) is 10.8. The highest BCUT2D eigenvalue weighted by Gasteiger charge is 2.49. The predicted octanol–water partition coefficient (Wildman–Crippen LogP) is 2.78. The van der Waals surface area contributed by atoms with E-state index >= 15 is 0 Å². The molecule has 3 heterocycles. The van der Waals surface area contributed by atoms with Crippen LogP contribution in [-0.4, -0.2) is 74.3 Å². The molecule has 0 bridgehead atoms. The van der Waals surface area contributed by atoms with Gasteiger partial charge in [0.2, 0.25) is 5.88 Å². The number of ketones is 2. The molecule has 39 heavy (non-hydrogen) atoms. The molecule has 11 heteroatoms. The first kappa shape index (κ1) is 27.1. The van der Waals surface area contributed by atoms with Gasteiger partial charge >= 0.3 is 0 Å². The summed E-state index contributed by atoms with van der Waals surface area (Å²) in [6, 6.07) is 1.84. The summed E-state index contributed by atoms with van der Waals surface area (Å²) in [6.07, 6.45) is 9.74. The van der Waals surface area contributed by atoms with Gasteiger partial charge in [-0.3, -0.25) is 14.5 Å². The SMILES string of the molecule is C=C[C@H](Oc1cc(-n2cc(COC)nn2)nc(C(N)=C2CCC[C@@]3(CCCCC3=O)C2=O)n1)[C@@H]1CCCN1C. The van der Waals surface area contributed by atoms with Crippen molar-refractivity contribution in [1.82, 2.24) is 29.9 Å². The highest BCUT2D eigenvalue weighted by Crippen LogP contribution is 2.45. The molecule has 1 spiro atoms. The molecule has 0 aromatic carbocycles. The summed E-state index contributed by atoms with van der Waals surface area (Å²) in [7, 11) is 3.65. The molecule has 1 saturated heterocycles. The van der Waals surface area contributed by atoms with E-state index in [1.54, 1.807) is 25.4 Å². The van der Waals surface area contributed by atoms with Crippen LogP contribution in [0.15, 0.2) is 30.5 Å². The molecule has 11 nitrogen and oxygen atoms in total. The monoisotopic (exact) mass is 535 g/mol. The van der Waals surface area contributed by atoms with Crippen molar-refractivity contribution in [2.75, 3.05) is 20.7 Å². The molecule has 3 aliphatic rings. The van der Waals surface area contributed by atoms with Gasteiger partial charge in [-0.25, -0.2) is 9.67 Å². The summed E-state index contributed by atoms with van der Waals surface area (Å²) in [5, 5.41) is 8.32. The minimum atomic E-state index is -0.963. The Balaban J connectivity index is 1.55. The Labute approximate surface area is 228 Å². The maximum atomic E-state index is 13.8. The molecule has 2 saturated carbocycles. The maximum absolute atomic E-state index is 13.8. The fraction of sp³-hybridized carbons (Fsp3) is 0.571. The number of hydrogen-bond donors (Lipinski definition) is 1. The smallest absolute Gasteiger partial charge is 0.219 e. The first-order chi connectivity index (χ1) is 18.9. The maximum Gasteiger partial charge on any atom is 0.219 e.